The van der Waals surface area contributed by atoms with E-state index in [-0.39, 0.29) is 5.56 Å². The van der Waals surface area contributed by atoms with Crippen molar-refractivity contribution in [1.29, 1.82) is 0 Å². The van der Waals surface area contributed by atoms with Crippen molar-refractivity contribution in [2.24, 2.45) is 5.92 Å². The monoisotopic (exact) mass is 277 g/mol. The average molecular weight is 277 g/mol. The molecule has 5 heteroatoms. The second-order valence-corrected chi connectivity index (χ2v) is 5.73. The SMILES string of the molecule is CC(C)N1CCC(CNc2cc(C(=O)O)ccc2N)C1. The fourth-order valence-corrected chi connectivity index (χ4v) is 2.59. The Hall–Kier alpha value is -1.75. The third-order valence-corrected chi connectivity index (χ3v) is 3.93. The van der Waals surface area contributed by atoms with Crippen LogP contribution in [0.4, 0.5) is 11.4 Å². The summed E-state index contributed by atoms with van der Waals surface area (Å²) in [6.07, 6.45) is 1.17. The third-order valence-electron chi connectivity index (χ3n) is 3.93. The van der Waals surface area contributed by atoms with Crippen molar-refractivity contribution >= 4 is 17.3 Å². The van der Waals surface area contributed by atoms with E-state index in [4.69, 9.17) is 10.8 Å². The molecule has 0 spiro atoms. The molecule has 4 N–H and O–H groups in total. The Bertz CT molecular complexity index is 488. The maximum atomic E-state index is 11.0. The van der Waals surface area contributed by atoms with Gasteiger partial charge in [-0.2, -0.15) is 0 Å². The molecule has 5 nitrogen and oxygen atoms in total. The van der Waals surface area contributed by atoms with E-state index in [0.717, 1.165) is 19.6 Å². The summed E-state index contributed by atoms with van der Waals surface area (Å²) in [6, 6.07) is 5.35. The minimum atomic E-state index is -0.931. The number of benzene rings is 1. The van der Waals surface area contributed by atoms with Crippen LogP contribution in [-0.4, -0.2) is 41.7 Å². The van der Waals surface area contributed by atoms with E-state index < -0.39 is 5.97 Å². The number of likely N-dealkylation sites (tertiary alicyclic amines) is 1. The fourth-order valence-electron chi connectivity index (χ4n) is 2.59. The highest BCUT2D eigenvalue weighted by Crippen LogP contribution is 2.23. The van der Waals surface area contributed by atoms with Crippen molar-refractivity contribution in [1.82, 2.24) is 4.90 Å². The molecule has 1 heterocycles. The zero-order chi connectivity index (χ0) is 14.7. The van der Waals surface area contributed by atoms with E-state index in [1.54, 1.807) is 12.1 Å². The number of anilines is 2. The van der Waals surface area contributed by atoms with Gasteiger partial charge in [-0.15, -0.1) is 0 Å². The molecule has 1 unspecified atom stereocenters. The van der Waals surface area contributed by atoms with Gasteiger partial charge in [0.15, 0.2) is 0 Å². The molecule has 20 heavy (non-hydrogen) atoms. The van der Waals surface area contributed by atoms with Gasteiger partial charge in [0.05, 0.1) is 16.9 Å². The molecule has 1 aromatic rings. The number of hydrogen-bond donors (Lipinski definition) is 3. The summed E-state index contributed by atoms with van der Waals surface area (Å²) in [4.78, 5) is 13.4. The lowest BCUT2D eigenvalue weighted by molar-refractivity contribution is 0.0697. The van der Waals surface area contributed by atoms with E-state index in [1.165, 1.54) is 12.5 Å². The molecule has 0 aromatic heterocycles. The normalized spacial score (nSPS) is 19.4. The molecule has 0 aliphatic carbocycles. The van der Waals surface area contributed by atoms with Crippen LogP contribution in [0.15, 0.2) is 18.2 Å². The number of carbonyl (C=O) groups is 1. The van der Waals surface area contributed by atoms with Crippen LogP contribution in [0.5, 0.6) is 0 Å². The molecule has 0 saturated carbocycles. The van der Waals surface area contributed by atoms with Crippen molar-refractivity contribution in [3.63, 3.8) is 0 Å². The minimum Gasteiger partial charge on any atom is -0.478 e. The lowest BCUT2D eigenvalue weighted by Crippen LogP contribution is -2.29. The number of nitrogens with one attached hydrogen (secondary N) is 1. The van der Waals surface area contributed by atoms with E-state index in [2.05, 4.69) is 24.1 Å². The molecular formula is C15H23N3O2. The molecule has 0 radical (unpaired) electrons. The summed E-state index contributed by atoms with van der Waals surface area (Å²) in [5.74, 6) is -0.342. The second kappa shape index (κ2) is 6.13. The first-order chi connectivity index (χ1) is 9.47. The van der Waals surface area contributed by atoms with Gasteiger partial charge in [0.25, 0.3) is 0 Å². The number of nitrogen functional groups attached to an aromatic ring is 1. The van der Waals surface area contributed by atoms with Gasteiger partial charge in [0.2, 0.25) is 0 Å². The molecule has 1 saturated heterocycles. The Morgan fingerprint density at radius 2 is 2.30 bits per heavy atom. The van der Waals surface area contributed by atoms with Crippen LogP contribution >= 0.6 is 0 Å². The Kier molecular flexibility index (Phi) is 4.49. The fraction of sp³-hybridized carbons (Fsp3) is 0.533. The van der Waals surface area contributed by atoms with Gasteiger partial charge in [-0.25, -0.2) is 4.79 Å². The minimum absolute atomic E-state index is 0.261. The van der Waals surface area contributed by atoms with Gasteiger partial charge in [-0.3, -0.25) is 0 Å². The number of nitrogens with two attached hydrogens (primary N) is 1. The summed E-state index contributed by atoms with van der Waals surface area (Å²) >= 11 is 0. The van der Waals surface area contributed by atoms with E-state index in [1.807, 2.05) is 0 Å². The van der Waals surface area contributed by atoms with Crippen LogP contribution in [0.3, 0.4) is 0 Å². The van der Waals surface area contributed by atoms with Crippen LogP contribution in [0, 0.1) is 5.92 Å². The van der Waals surface area contributed by atoms with Crippen molar-refractivity contribution in [3.8, 4) is 0 Å². The molecule has 0 amide bonds. The second-order valence-electron chi connectivity index (χ2n) is 5.73. The third kappa shape index (κ3) is 3.42. The molecule has 0 bridgehead atoms. The number of hydrogen-bond acceptors (Lipinski definition) is 4. The average Bonchev–Trinajstić information content (AvgIpc) is 2.86. The summed E-state index contributed by atoms with van der Waals surface area (Å²) in [5, 5.41) is 12.3. The lowest BCUT2D eigenvalue weighted by Gasteiger charge is -2.20. The van der Waals surface area contributed by atoms with E-state index >= 15 is 0 Å². The van der Waals surface area contributed by atoms with Gasteiger partial charge in [-0.05, 0) is 50.9 Å². The topological polar surface area (TPSA) is 78.6 Å². The van der Waals surface area contributed by atoms with Crippen molar-refractivity contribution in [3.05, 3.63) is 23.8 Å². The van der Waals surface area contributed by atoms with Gasteiger partial charge in [-0.1, -0.05) is 0 Å². The van der Waals surface area contributed by atoms with Gasteiger partial charge in [0, 0.05) is 19.1 Å². The van der Waals surface area contributed by atoms with Crippen molar-refractivity contribution in [2.45, 2.75) is 26.3 Å². The van der Waals surface area contributed by atoms with Gasteiger partial charge >= 0.3 is 5.97 Å². The highest BCUT2D eigenvalue weighted by atomic mass is 16.4. The summed E-state index contributed by atoms with van der Waals surface area (Å²) in [6.45, 7) is 7.47. The standard InChI is InChI=1S/C15H23N3O2/c1-10(2)18-6-5-11(9-18)8-17-14-7-12(15(19)20)3-4-13(14)16/h3-4,7,10-11,17H,5-6,8-9,16H2,1-2H3,(H,19,20). The predicted octanol–water partition coefficient (Wildman–Crippen LogP) is 2.11. The Morgan fingerprint density at radius 1 is 1.55 bits per heavy atom. The maximum absolute atomic E-state index is 11.0. The number of carboxylic acid groups (broad SMARTS) is 1. The molecule has 2 rings (SSSR count). The van der Waals surface area contributed by atoms with Crippen LogP contribution in [0.2, 0.25) is 0 Å². The van der Waals surface area contributed by atoms with Crippen LogP contribution in [0.25, 0.3) is 0 Å². The van der Waals surface area contributed by atoms with Crippen molar-refractivity contribution < 1.29 is 9.90 Å². The zero-order valence-corrected chi connectivity index (χ0v) is 12.1. The molecular weight excluding hydrogens is 254 g/mol. The van der Waals surface area contributed by atoms with Gasteiger partial charge in [0.1, 0.15) is 0 Å². The smallest absolute Gasteiger partial charge is 0.335 e. The van der Waals surface area contributed by atoms with Crippen LogP contribution in [-0.2, 0) is 0 Å². The molecule has 1 aromatic carbocycles. The first-order valence-electron chi connectivity index (χ1n) is 7.08. The van der Waals surface area contributed by atoms with Gasteiger partial charge < -0.3 is 21.1 Å². The number of rotatable bonds is 5. The highest BCUT2D eigenvalue weighted by Gasteiger charge is 2.23. The van der Waals surface area contributed by atoms with Crippen LogP contribution in [0.1, 0.15) is 30.6 Å². The Labute approximate surface area is 119 Å². The van der Waals surface area contributed by atoms with E-state index in [0.29, 0.717) is 23.3 Å². The molecule has 1 atom stereocenters. The van der Waals surface area contributed by atoms with Crippen molar-refractivity contribution in [2.75, 3.05) is 30.7 Å². The number of carboxylic acids is 1. The maximum Gasteiger partial charge on any atom is 0.335 e. The number of nitrogens with zero attached hydrogens (tertiary/aromatic N) is 1. The van der Waals surface area contributed by atoms with E-state index in [9.17, 15) is 4.79 Å². The first kappa shape index (κ1) is 14.7. The number of aromatic carboxylic acids is 1. The lowest BCUT2D eigenvalue weighted by atomic mass is 10.1. The summed E-state index contributed by atoms with van der Waals surface area (Å²) in [7, 11) is 0. The highest BCUT2D eigenvalue weighted by molar-refractivity contribution is 5.90. The largest absolute Gasteiger partial charge is 0.478 e. The first-order valence-corrected chi connectivity index (χ1v) is 7.08. The quantitative estimate of drug-likeness (QED) is 0.718. The molecule has 110 valence electrons. The molecule has 1 aliphatic rings. The van der Waals surface area contributed by atoms with Crippen LogP contribution < -0.4 is 11.1 Å². The molecule has 1 aliphatic heterocycles. The molecule has 1 fully saturated rings. The summed E-state index contributed by atoms with van der Waals surface area (Å²) in [5.41, 5.74) is 7.45. The zero-order valence-electron chi connectivity index (χ0n) is 12.1. The Balaban J connectivity index is 1.94. The Morgan fingerprint density at radius 3 is 2.90 bits per heavy atom. The summed E-state index contributed by atoms with van der Waals surface area (Å²) < 4.78 is 0. The predicted molar refractivity (Wildman–Crippen MR) is 81.1 cm³/mol.